The Hall–Kier alpha value is -0.340. The Morgan fingerprint density at radius 1 is 1.36 bits per heavy atom. The molecule has 2 heteroatoms. The SMILES string of the molecule is Cc1cc(Br)cc(C2(CN)CCC2)c1. The van der Waals surface area contributed by atoms with Gasteiger partial charge in [0.2, 0.25) is 0 Å². The molecule has 0 bridgehead atoms. The Balaban J connectivity index is 2.39. The van der Waals surface area contributed by atoms with Gasteiger partial charge in [0.05, 0.1) is 0 Å². The van der Waals surface area contributed by atoms with Gasteiger partial charge in [-0.1, -0.05) is 28.4 Å². The van der Waals surface area contributed by atoms with E-state index in [2.05, 4.69) is 41.1 Å². The fourth-order valence-corrected chi connectivity index (χ4v) is 2.86. The van der Waals surface area contributed by atoms with Gasteiger partial charge in [-0.05, 0) is 43.0 Å². The molecular weight excluding hydrogens is 238 g/mol. The van der Waals surface area contributed by atoms with E-state index in [-0.39, 0.29) is 5.41 Å². The minimum Gasteiger partial charge on any atom is -0.330 e. The zero-order valence-electron chi connectivity index (χ0n) is 8.52. The van der Waals surface area contributed by atoms with E-state index < -0.39 is 0 Å². The molecule has 0 atom stereocenters. The number of nitrogens with two attached hydrogens (primary N) is 1. The summed E-state index contributed by atoms with van der Waals surface area (Å²) in [4.78, 5) is 0. The van der Waals surface area contributed by atoms with Crippen LogP contribution in [0.15, 0.2) is 22.7 Å². The largest absolute Gasteiger partial charge is 0.330 e. The lowest BCUT2D eigenvalue weighted by Crippen LogP contribution is -2.41. The molecule has 1 aromatic carbocycles. The molecule has 1 aliphatic carbocycles. The monoisotopic (exact) mass is 253 g/mol. The maximum atomic E-state index is 5.89. The lowest BCUT2D eigenvalue weighted by molar-refractivity contribution is 0.253. The Kier molecular flexibility index (Phi) is 2.67. The maximum absolute atomic E-state index is 5.89. The molecule has 0 aliphatic heterocycles. The quantitative estimate of drug-likeness (QED) is 0.862. The van der Waals surface area contributed by atoms with E-state index in [0.717, 1.165) is 6.54 Å². The Labute approximate surface area is 93.8 Å². The van der Waals surface area contributed by atoms with Crippen LogP contribution in [0.5, 0.6) is 0 Å². The van der Waals surface area contributed by atoms with Crippen molar-refractivity contribution in [3.63, 3.8) is 0 Å². The van der Waals surface area contributed by atoms with Gasteiger partial charge in [0.15, 0.2) is 0 Å². The molecule has 14 heavy (non-hydrogen) atoms. The number of aryl methyl sites for hydroxylation is 1. The van der Waals surface area contributed by atoms with Crippen LogP contribution < -0.4 is 5.73 Å². The number of halogens is 1. The van der Waals surface area contributed by atoms with Gasteiger partial charge in [-0.15, -0.1) is 0 Å². The van der Waals surface area contributed by atoms with E-state index in [4.69, 9.17) is 5.73 Å². The molecule has 1 aromatic rings. The first kappa shape index (κ1) is 10.2. The highest BCUT2D eigenvalue weighted by Crippen LogP contribution is 2.43. The van der Waals surface area contributed by atoms with Gasteiger partial charge in [0, 0.05) is 16.4 Å². The van der Waals surface area contributed by atoms with Crippen molar-refractivity contribution in [2.24, 2.45) is 5.73 Å². The van der Waals surface area contributed by atoms with Crippen LogP contribution in [0.2, 0.25) is 0 Å². The summed E-state index contributed by atoms with van der Waals surface area (Å²) in [7, 11) is 0. The topological polar surface area (TPSA) is 26.0 Å². The van der Waals surface area contributed by atoms with Gasteiger partial charge in [-0.3, -0.25) is 0 Å². The molecule has 1 aliphatic rings. The molecule has 76 valence electrons. The van der Waals surface area contributed by atoms with Crippen molar-refractivity contribution in [1.29, 1.82) is 0 Å². The van der Waals surface area contributed by atoms with Crippen LogP contribution >= 0.6 is 15.9 Å². The maximum Gasteiger partial charge on any atom is 0.0180 e. The molecule has 2 rings (SSSR count). The predicted molar refractivity (Wildman–Crippen MR) is 63.5 cm³/mol. The zero-order chi connectivity index (χ0) is 10.2. The van der Waals surface area contributed by atoms with Crippen LogP contribution in [0.1, 0.15) is 30.4 Å². The van der Waals surface area contributed by atoms with E-state index in [0.29, 0.717) is 0 Å². The van der Waals surface area contributed by atoms with Crippen molar-refractivity contribution < 1.29 is 0 Å². The van der Waals surface area contributed by atoms with Crippen LogP contribution in [-0.4, -0.2) is 6.54 Å². The van der Waals surface area contributed by atoms with Crippen molar-refractivity contribution >= 4 is 15.9 Å². The second-order valence-electron chi connectivity index (χ2n) is 4.36. The highest BCUT2D eigenvalue weighted by molar-refractivity contribution is 9.10. The van der Waals surface area contributed by atoms with Crippen molar-refractivity contribution in [3.8, 4) is 0 Å². The standard InChI is InChI=1S/C12H16BrN/c1-9-5-10(7-11(13)6-9)12(8-14)3-2-4-12/h5-7H,2-4,8,14H2,1H3. The van der Waals surface area contributed by atoms with E-state index in [1.165, 1.54) is 34.9 Å². The number of hydrogen-bond donors (Lipinski definition) is 1. The molecule has 0 spiro atoms. The molecule has 2 N–H and O–H groups in total. The average Bonchev–Trinajstić information content (AvgIpc) is 2.01. The van der Waals surface area contributed by atoms with Crippen molar-refractivity contribution in [2.45, 2.75) is 31.6 Å². The highest BCUT2D eigenvalue weighted by Gasteiger charge is 2.37. The molecule has 0 amide bonds. The summed E-state index contributed by atoms with van der Waals surface area (Å²) in [6.45, 7) is 2.92. The highest BCUT2D eigenvalue weighted by atomic mass is 79.9. The molecule has 1 nitrogen and oxygen atoms in total. The summed E-state index contributed by atoms with van der Waals surface area (Å²) in [6, 6.07) is 6.64. The number of benzene rings is 1. The normalized spacial score (nSPS) is 19.1. The van der Waals surface area contributed by atoms with Gasteiger partial charge < -0.3 is 5.73 Å². The second kappa shape index (κ2) is 3.67. The van der Waals surface area contributed by atoms with Gasteiger partial charge in [0.25, 0.3) is 0 Å². The second-order valence-corrected chi connectivity index (χ2v) is 5.27. The summed E-state index contributed by atoms with van der Waals surface area (Å²) in [5.74, 6) is 0. The first-order chi connectivity index (χ1) is 6.66. The minimum absolute atomic E-state index is 0.286. The van der Waals surface area contributed by atoms with Crippen LogP contribution in [0.25, 0.3) is 0 Å². The summed E-state index contributed by atoms with van der Waals surface area (Å²) in [5.41, 5.74) is 8.90. The zero-order valence-corrected chi connectivity index (χ0v) is 10.1. The Morgan fingerprint density at radius 2 is 2.07 bits per heavy atom. The first-order valence-corrected chi connectivity index (χ1v) is 5.93. The third kappa shape index (κ3) is 1.61. The minimum atomic E-state index is 0.286. The molecular formula is C12H16BrN. The summed E-state index contributed by atoms with van der Waals surface area (Å²) in [5, 5.41) is 0. The van der Waals surface area contributed by atoms with Crippen molar-refractivity contribution in [1.82, 2.24) is 0 Å². The van der Waals surface area contributed by atoms with Crippen LogP contribution in [-0.2, 0) is 5.41 Å². The summed E-state index contributed by atoms with van der Waals surface area (Å²) in [6.07, 6.45) is 3.82. The van der Waals surface area contributed by atoms with Crippen molar-refractivity contribution in [3.05, 3.63) is 33.8 Å². The molecule has 0 heterocycles. The lowest BCUT2D eigenvalue weighted by atomic mass is 9.64. The fourth-order valence-electron chi connectivity index (χ4n) is 2.26. The van der Waals surface area contributed by atoms with Gasteiger partial charge >= 0.3 is 0 Å². The molecule has 1 fully saturated rings. The van der Waals surface area contributed by atoms with E-state index in [1.807, 2.05) is 0 Å². The lowest BCUT2D eigenvalue weighted by Gasteiger charge is -2.41. The summed E-state index contributed by atoms with van der Waals surface area (Å²) >= 11 is 3.55. The van der Waals surface area contributed by atoms with E-state index in [9.17, 15) is 0 Å². The fraction of sp³-hybridized carbons (Fsp3) is 0.500. The van der Waals surface area contributed by atoms with Gasteiger partial charge in [-0.25, -0.2) is 0 Å². The predicted octanol–water partition coefficient (Wildman–Crippen LogP) is 3.14. The van der Waals surface area contributed by atoms with Crippen LogP contribution in [0, 0.1) is 6.92 Å². The summed E-state index contributed by atoms with van der Waals surface area (Å²) < 4.78 is 1.17. The Bertz CT molecular complexity index is 316. The number of hydrogen-bond acceptors (Lipinski definition) is 1. The third-order valence-electron chi connectivity index (χ3n) is 3.36. The Morgan fingerprint density at radius 3 is 2.50 bits per heavy atom. The van der Waals surface area contributed by atoms with Gasteiger partial charge in [-0.2, -0.15) is 0 Å². The van der Waals surface area contributed by atoms with Crippen LogP contribution in [0.4, 0.5) is 0 Å². The molecule has 0 unspecified atom stereocenters. The van der Waals surface area contributed by atoms with E-state index >= 15 is 0 Å². The smallest absolute Gasteiger partial charge is 0.0180 e. The van der Waals surface area contributed by atoms with Crippen molar-refractivity contribution in [2.75, 3.05) is 6.54 Å². The van der Waals surface area contributed by atoms with E-state index in [1.54, 1.807) is 0 Å². The number of rotatable bonds is 2. The van der Waals surface area contributed by atoms with Crippen LogP contribution in [0.3, 0.4) is 0 Å². The van der Waals surface area contributed by atoms with Gasteiger partial charge in [0.1, 0.15) is 0 Å². The average molecular weight is 254 g/mol. The third-order valence-corrected chi connectivity index (χ3v) is 3.81. The molecule has 0 saturated heterocycles. The first-order valence-electron chi connectivity index (χ1n) is 5.14. The molecule has 0 aromatic heterocycles. The molecule has 1 saturated carbocycles. The molecule has 0 radical (unpaired) electrons.